The Kier molecular flexibility index (Phi) is 2.81. The molecule has 0 saturated heterocycles. The van der Waals surface area contributed by atoms with Crippen molar-refractivity contribution in [1.82, 2.24) is 4.98 Å². The molecule has 0 atom stereocenters. The number of nitrogen functional groups attached to an aromatic ring is 1. The first-order valence-electron chi connectivity index (χ1n) is 5.23. The maximum Gasteiger partial charge on any atom is 0.209 e. The van der Waals surface area contributed by atoms with Gasteiger partial charge >= 0.3 is 0 Å². The Balaban J connectivity index is 2.28. The number of ketones is 1. The summed E-state index contributed by atoms with van der Waals surface area (Å²) in [5.74, 6) is -0.00667. The van der Waals surface area contributed by atoms with Crippen molar-refractivity contribution < 1.29 is 4.79 Å². The van der Waals surface area contributed by atoms with E-state index in [0.717, 1.165) is 24.8 Å². The van der Waals surface area contributed by atoms with Crippen molar-refractivity contribution in [2.75, 3.05) is 5.73 Å². The summed E-state index contributed by atoms with van der Waals surface area (Å²) < 4.78 is 0. The quantitative estimate of drug-likeness (QED) is 0.749. The number of nitrogens with zero attached hydrogens (tertiary/aromatic N) is 1. The molecular formula is C12H14N2O. The number of hydrogen-bond acceptors (Lipinski definition) is 3. The molecule has 78 valence electrons. The number of carbonyl (C=O) groups is 1. The van der Waals surface area contributed by atoms with E-state index < -0.39 is 0 Å². The van der Waals surface area contributed by atoms with Gasteiger partial charge in [0, 0.05) is 6.20 Å². The molecule has 0 radical (unpaired) electrons. The fraction of sp³-hybridized carbons (Fsp3) is 0.333. The van der Waals surface area contributed by atoms with E-state index in [1.807, 2.05) is 6.08 Å². The van der Waals surface area contributed by atoms with Gasteiger partial charge in [-0.05, 0) is 43.4 Å². The van der Waals surface area contributed by atoms with Crippen LogP contribution in [0.1, 0.15) is 36.2 Å². The number of hydrogen-bond donors (Lipinski definition) is 1. The zero-order valence-electron chi connectivity index (χ0n) is 8.57. The average molecular weight is 202 g/mol. The number of nitrogens with two attached hydrogens (primary N) is 1. The molecule has 0 unspecified atom stereocenters. The maximum atomic E-state index is 12.0. The number of allylic oxidation sites excluding steroid dienone is 2. The second-order valence-electron chi connectivity index (χ2n) is 3.75. The third-order valence-electron chi connectivity index (χ3n) is 2.64. The first-order valence-corrected chi connectivity index (χ1v) is 5.23. The van der Waals surface area contributed by atoms with Gasteiger partial charge in [0.2, 0.25) is 5.78 Å². The van der Waals surface area contributed by atoms with E-state index in [1.165, 1.54) is 6.42 Å². The Morgan fingerprint density at radius 2 is 2.27 bits per heavy atom. The van der Waals surface area contributed by atoms with Gasteiger partial charge in [-0.2, -0.15) is 0 Å². The predicted octanol–water partition coefficient (Wildman–Crippen LogP) is 2.35. The van der Waals surface area contributed by atoms with Gasteiger partial charge in [0.15, 0.2) is 0 Å². The molecule has 0 saturated carbocycles. The number of Topliss-reactive ketones (excluding diaryl/α,β-unsaturated/α-hetero) is 1. The fourth-order valence-corrected chi connectivity index (χ4v) is 1.80. The van der Waals surface area contributed by atoms with E-state index in [1.54, 1.807) is 18.3 Å². The van der Waals surface area contributed by atoms with Crippen molar-refractivity contribution >= 4 is 11.5 Å². The van der Waals surface area contributed by atoms with Crippen molar-refractivity contribution in [3.63, 3.8) is 0 Å². The minimum Gasteiger partial charge on any atom is -0.397 e. The minimum atomic E-state index is -0.00667. The summed E-state index contributed by atoms with van der Waals surface area (Å²) in [4.78, 5) is 16.0. The highest BCUT2D eigenvalue weighted by Gasteiger charge is 2.17. The lowest BCUT2D eigenvalue weighted by molar-refractivity contribution is 0.102. The highest BCUT2D eigenvalue weighted by molar-refractivity contribution is 6.10. The van der Waals surface area contributed by atoms with E-state index in [0.29, 0.717) is 11.4 Å². The molecule has 1 aromatic rings. The molecule has 15 heavy (non-hydrogen) atoms. The molecule has 0 aliphatic heterocycles. The van der Waals surface area contributed by atoms with Crippen molar-refractivity contribution in [1.29, 1.82) is 0 Å². The Hall–Kier alpha value is -1.64. The fourth-order valence-electron chi connectivity index (χ4n) is 1.80. The Morgan fingerprint density at radius 3 is 2.93 bits per heavy atom. The van der Waals surface area contributed by atoms with Gasteiger partial charge < -0.3 is 5.73 Å². The smallest absolute Gasteiger partial charge is 0.209 e. The zero-order valence-corrected chi connectivity index (χ0v) is 8.57. The van der Waals surface area contributed by atoms with Crippen LogP contribution in [0, 0.1) is 0 Å². The van der Waals surface area contributed by atoms with Crippen LogP contribution in [0.25, 0.3) is 0 Å². The topological polar surface area (TPSA) is 56.0 Å². The molecule has 1 aromatic heterocycles. The number of aromatic nitrogens is 1. The van der Waals surface area contributed by atoms with Gasteiger partial charge in [-0.3, -0.25) is 9.78 Å². The summed E-state index contributed by atoms with van der Waals surface area (Å²) in [7, 11) is 0. The molecule has 0 bridgehead atoms. The molecular weight excluding hydrogens is 188 g/mol. The van der Waals surface area contributed by atoms with Gasteiger partial charge in [-0.25, -0.2) is 0 Å². The first-order chi connectivity index (χ1) is 7.29. The number of pyridine rings is 1. The average Bonchev–Trinajstić information content (AvgIpc) is 2.30. The summed E-state index contributed by atoms with van der Waals surface area (Å²) in [6.07, 6.45) is 7.73. The van der Waals surface area contributed by atoms with Crippen LogP contribution in [-0.4, -0.2) is 10.8 Å². The monoisotopic (exact) mass is 202 g/mol. The molecule has 3 nitrogen and oxygen atoms in total. The van der Waals surface area contributed by atoms with Crippen molar-refractivity contribution in [3.8, 4) is 0 Å². The summed E-state index contributed by atoms with van der Waals surface area (Å²) >= 11 is 0. The third kappa shape index (κ3) is 2.06. The molecule has 2 rings (SSSR count). The number of carbonyl (C=O) groups excluding carboxylic acids is 1. The van der Waals surface area contributed by atoms with E-state index in [-0.39, 0.29) is 5.78 Å². The lowest BCUT2D eigenvalue weighted by atomic mass is 9.94. The van der Waals surface area contributed by atoms with Crippen LogP contribution >= 0.6 is 0 Å². The first kappa shape index (κ1) is 9.90. The van der Waals surface area contributed by atoms with Crippen molar-refractivity contribution in [2.24, 2.45) is 0 Å². The summed E-state index contributed by atoms with van der Waals surface area (Å²) in [5.41, 5.74) is 7.45. The van der Waals surface area contributed by atoms with Gasteiger partial charge in [0.25, 0.3) is 0 Å². The van der Waals surface area contributed by atoms with E-state index in [9.17, 15) is 4.79 Å². The molecule has 1 aliphatic rings. The minimum absolute atomic E-state index is 0.00667. The maximum absolute atomic E-state index is 12.0. The van der Waals surface area contributed by atoms with E-state index in [4.69, 9.17) is 5.73 Å². The van der Waals surface area contributed by atoms with Gasteiger partial charge in [-0.1, -0.05) is 6.08 Å². The van der Waals surface area contributed by atoms with Crippen LogP contribution < -0.4 is 5.73 Å². The molecule has 0 fully saturated rings. The van der Waals surface area contributed by atoms with Crippen molar-refractivity contribution in [3.05, 3.63) is 35.7 Å². The van der Waals surface area contributed by atoms with Gasteiger partial charge in [0.05, 0.1) is 5.69 Å². The molecule has 0 aromatic carbocycles. The van der Waals surface area contributed by atoms with E-state index in [2.05, 4.69) is 4.98 Å². The Morgan fingerprint density at radius 1 is 1.40 bits per heavy atom. The number of rotatable bonds is 2. The highest BCUT2D eigenvalue weighted by Crippen LogP contribution is 2.22. The third-order valence-corrected chi connectivity index (χ3v) is 2.64. The second-order valence-corrected chi connectivity index (χ2v) is 3.75. The highest BCUT2D eigenvalue weighted by atomic mass is 16.1. The van der Waals surface area contributed by atoms with Crippen LogP contribution in [-0.2, 0) is 0 Å². The van der Waals surface area contributed by atoms with Crippen LogP contribution in [0.5, 0.6) is 0 Å². The van der Waals surface area contributed by atoms with Crippen LogP contribution in [0.15, 0.2) is 30.0 Å². The SMILES string of the molecule is Nc1cccnc1C(=O)C1=CCCCC1. The second kappa shape index (κ2) is 4.26. The van der Waals surface area contributed by atoms with Crippen LogP contribution in [0.3, 0.4) is 0 Å². The largest absolute Gasteiger partial charge is 0.397 e. The molecule has 1 heterocycles. The van der Waals surface area contributed by atoms with Crippen LogP contribution in [0.2, 0.25) is 0 Å². The number of anilines is 1. The van der Waals surface area contributed by atoms with Crippen LogP contribution in [0.4, 0.5) is 5.69 Å². The lowest BCUT2D eigenvalue weighted by Crippen LogP contribution is -2.10. The van der Waals surface area contributed by atoms with Crippen molar-refractivity contribution in [2.45, 2.75) is 25.7 Å². The van der Waals surface area contributed by atoms with E-state index >= 15 is 0 Å². The summed E-state index contributed by atoms with van der Waals surface area (Å²) in [6.45, 7) is 0. The predicted molar refractivity (Wildman–Crippen MR) is 59.5 cm³/mol. The Labute approximate surface area is 89.0 Å². The molecule has 1 aliphatic carbocycles. The van der Waals surface area contributed by atoms with Gasteiger partial charge in [0.1, 0.15) is 5.69 Å². The molecule has 0 amide bonds. The molecule has 0 spiro atoms. The van der Waals surface area contributed by atoms with Gasteiger partial charge in [-0.15, -0.1) is 0 Å². The summed E-state index contributed by atoms with van der Waals surface area (Å²) in [5, 5.41) is 0. The molecule has 2 N–H and O–H groups in total. The lowest BCUT2D eigenvalue weighted by Gasteiger charge is -2.11. The normalized spacial score (nSPS) is 15.9. The standard InChI is InChI=1S/C12H14N2O/c13-10-7-4-8-14-11(10)12(15)9-5-2-1-3-6-9/h4-5,7-8H,1-3,6,13H2. The Bertz CT molecular complexity index is 410. The molecule has 3 heteroatoms. The zero-order chi connectivity index (χ0) is 10.7. The summed E-state index contributed by atoms with van der Waals surface area (Å²) in [6, 6.07) is 3.45.